The van der Waals surface area contributed by atoms with Crippen molar-refractivity contribution < 1.29 is 14.3 Å². The van der Waals surface area contributed by atoms with E-state index in [-0.39, 0.29) is 11.8 Å². The van der Waals surface area contributed by atoms with Crippen molar-refractivity contribution in [2.45, 2.75) is 25.3 Å². The number of methoxy groups -OCH3 is 1. The highest BCUT2D eigenvalue weighted by Crippen LogP contribution is 2.32. The Bertz CT molecular complexity index is 899. The van der Waals surface area contributed by atoms with E-state index in [4.69, 9.17) is 16.3 Å². The Morgan fingerprint density at radius 1 is 1.15 bits per heavy atom. The summed E-state index contributed by atoms with van der Waals surface area (Å²) in [4.78, 5) is 29.9. The number of para-hydroxylation sites is 1. The van der Waals surface area contributed by atoms with E-state index in [1.54, 1.807) is 23.1 Å². The van der Waals surface area contributed by atoms with E-state index in [0.29, 0.717) is 35.8 Å². The van der Waals surface area contributed by atoms with Crippen LogP contribution < -0.4 is 9.64 Å². The minimum absolute atomic E-state index is 0.00760. The van der Waals surface area contributed by atoms with E-state index in [1.165, 1.54) is 12.7 Å². The van der Waals surface area contributed by atoms with Crippen molar-refractivity contribution in [3.8, 4) is 5.75 Å². The molecule has 2 aromatic rings. The van der Waals surface area contributed by atoms with E-state index in [0.717, 1.165) is 18.5 Å². The molecule has 0 aromatic heterocycles. The fraction of sp³-hybridized carbons (Fsp3) is 0.333. The van der Waals surface area contributed by atoms with Crippen LogP contribution in [0.3, 0.4) is 0 Å². The summed E-state index contributed by atoms with van der Waals surface area (Å²) in [5, 5.41) is 0.467. The molecule has 1 unspecified atom stereocenters. The molecule has 1 fully saturated rings. The van der Waals surface area contributed by atoms with Gasteiger partial charge < -0.3 is 14.5 Å². The molecule has 6 heteroatoms. The Morgan fingerprint density at radius 3 is 2.78 bits per heavy atom. The molecule has 140 valence electrons. The third-order valence-corrected chi connectivity index (χ3v) is 5.58. The first-order chi connectivity index (χ1) is 13.1. The van der Waals surface area contributed by atoms with Crippen LogP contribution >= 0.6 is 11.6 Å². The fourth-order valence-electron chi connectivity index (χ4n) is 4.02. The van der Waals surface area contributed by atoms with Gasteiger partial charge in [-0.25, -0.2) is 0 Å². The van der Waals surface area contributed by atoms with Crippen LogP contribution in [0.2, 0.25) is 5.02 Å². The summed E-state index contributed by atoms with van der Waals surface area (Å²) in [6.07, 6.45) is 2.33. The number of benzene rings is 2. The number of carbonyl (C=O) groups excluding carboxylic acids is 2. The molecular weight excluding hydrogens is 364 g/mol. The van der Waals surface area contributed by atoms with Gasteiger partial charge in [0.15, 0.2) is 0 Å². The molecule has 4 rings (SSSR count). The van der Waals surface area contributed by atoms with E-state index in [2.05, 4.69) is 6.07 Å². The molecule has 27 heavy (non-hydrogen) atoms. The molecule has 2 aromatic carbocycles. The van der Waals surface area contributed by atoms with Crippen LogP contribution in [0.5, 0.6) is 5.75 Å². The van der Waals surface area contributed by atoms with Gasteiger partial charge in [0.25, 0.3) is 5.91 Å². The van der Waals surface area contributed by atoms with Gasteiger partial charge in [-0.3, -0.25) is 9.59 Å². The number of anilines is 1. The summed E-state index contributed by atoms with van der Waals surface area (Å²) in [6.45, 7) is 1.22. The summed E-state index contributed by atoms with van der Waals surface area (Å²) >= 11 is 6.08. The van der Waals surface area contributed by atoms with Crippen molar-refractivity contribution in [3.63, 3.8) is 0 Å². The average Bonchev–Trinajstić information content (AvgIpc) is 3.34. The van der Waals surface area contributed by atoms with Crippen LogP contribution in [0.25, 0.3) is 0 Å². The van der Waals surface area contributed by atoms with Gasteiger partial charge in [-0.05, 0) is 49.1 Å². The molecule has 0 bridgehead atoms. The number of likely N-dealkylation sites (tertiary alicyclic amines) is 1. The number of halogens is 1. The van der Waals surface area contributed by atoms with Crippen LogP contribution in [0.4, 0.5) is 5.69 Å². The third kappa shape index (κ3) is 3.16. The molecule has 0 aliphatic carbocycles. The number of amides is 2. The lowest BCUT2D eigenvalue weighted by molar-refractivity contribution is -0.122. The molecule has 0 N–H and O–H groups in total. The first-order valence-corrected chi connectivity index (χ1v) is 9.51. The maximum Gasteiger partial charge on any atom is 0.258 e. The van der Waals surface area contributed by atoms with Crippen molar-refractivity contribution in [3.05, 3.63) is 58.6 Å². The first kappa shape index (κ1) is 17.9. The van der Waals surface area contributed by atoms with Gasteiger partial charge in [0.05, 0.1) is 12.7 Å². The smallest absolute Gasteiger partial charge is 0.258 e. The minimum Gasteiger partial charge on any atom is -0.496 e. The largest absolute Gasteiger partial charge is 0.496 e. The second-order valence-corrected chi connectivity index (χ2v) is 7.31. The normalized spacial score (nSPS) is 18.5. The molecule has 2 amide bonds. The van der Waals surface area contributed by atoms with Crippen molar-refractivity contribution >= 4 is 29.1 Å². The highest BCUT2D eigenvalue weighted by Gasteiger charge is 2.39. The number of hydrogen-bond acceptors (Lipinski definition) is 3. The minimum atomic E-state index is -0.452. The highest BCUT2D eigenvalue weighted by atomic mass is 35.5. The van der Waals surface area contributed by atoms with Gasteiger partial charge >= 0.3 is 0 Å². The Morgan fingerprint density at radius 2 is 1.96 bits per heavy atom. The third-order valence-electron chi connectivity index (χ3n) is 5.34. The first-order valence-electron chi connectivity index (χ1n) is 9.14. The topological polar surface area (TPSA) is 49.9 Å². The van der Waals surface area contributed by atoms with Crippen molar-refractivity contribution in [1.82, 2.24) is 4.90 Å². The van der Waals surface area contributed by atoms with Gasteiger partial charge in [-0.1, -0.05) is 29.8 Å². The lowest BCUT2D eigenvalue weighted by Crippen LogP contribution is -2.47. The number of hydrogen-bond donors (Lipinski definition) is 0. The standard InChI is InChI=1S/C21H21ClN2O3/c1-27-19-9-8-15(22)13-16(19)20(25)23-11-4-7-18(23)21(26)24-12-10-14-5-2-3-6-17(14)24/h2-3,5-6,8-9,13,18H,4,7,10-12H2,1H3. The van der Waals surface area contributed by atoms with Gasteiger partial charge in [-0.15, -0.1) is 0 Å². The molecule has 0 radical (unpaired) electrons. The van der Waals surface area contributed by atoms with E-state index < -0.39 is 6.04 Å². The summed E-state index contributed by atoms with van der Waals surface area (Å²) in [5.41, 5.74) is 2.53. The van der Waals surface area contributed by atoms with Crippen LogP contribution in [-0.4, -0.2) is 43.0 Å². The zero-order chi connectivity index (χ0) is 19.0. The summed E-state index contributed by atoms with van der Waals surface area (Å²) in [5.74, 6) is 0.249. The summed E-state index contributed by atoms with van der Waals surface area (Å²) in [7, 11) is 1.52. The van der Waals surface area contributed by atoms with Crippen molar-refractivity contribution in [2.75, 3.05) is 25.1 Å². The zero-order valence-corrected chi connectivity index (χ0v) is 15.9. The number of ether oxygens (including phenoxy) is 1. The molecule has 2 aliphatic heterocycles. The second-order valence-electron chi connectivity index (χ2n) is 6.87. The SMILES string of the molecule is COc1ccc(Cl)cc1C(=O)N1CCCC1C(=O)N1CCc2ccccc21. The predicted molar refractivity (Wildman–Crippen MR) is 105 cm³/mol. The van der Waals surface area contributed by atoms with Crippen LogP contribution in [0.1, 0.15) is 28.8 Å². The predicted octanol–water partition coefficient (Wildman–Crippen LogP) is 3.54. The van der Waals surface area contributed by atoms with Crippen LogP contribution in [0, 0.1) is 0 Å². The number of carbonyl (C=O) groups is 2. The van der Waals surface area contributed by atoms with Gasteiger partial charge in [0, 0.05) is 23.8 Å². The monoisotopic (exact) mass is 384 g/mol. The number of fused-ring (bicyclic) bond motifs is 1. The zero-order valence-electron chi connectivity index (χ0n) is 15.2. The lowest BCUT2D eigenvalue weighted by atomic mass is 10.1. The Kier molecular flexibility index (Phi) is 4.79. The Labute approximate surface area is 163 Å². The average molecular weight is 385 g/mol. The molecule has 0 spiro atoms. The quantitative estimate of drug-likeness (QED) is 0.813. The molecule has 5 nitrogen and oxygen atoms in total. The van der Waals surface area contributed by atoms with Gasteiger partial charge in [0.2, 0.25) is 5.91 Å². The maximum atomic E-state index is 13.3. The van der Waals surface area contributed by atoms with Gasteiger partial charge in [-0.2, -0.15) is 0 Å². The van der Waals surface area contributed by atoms with E-state index in [1.807, 2.05) is 23.1 Å². The van der Waals surface area contributed by atoms with Gasteiger partial charge in [0.1, 0.15) is 11.8 Å². The van der Waals surface area contributed by atoms with Crippen LogP contribution in [-0.2, 0) is 11.2 Å². The molecule has 1 saturated heterocycles. The molecule has 2 aliphatic rings. The number of rotatable bonds is 3. The maximum absolute atomic E-state index is 13.3. The van der Waals surface area contributed by atoms with E-state index >= 15 is 0 Å². The highest BCUT2D eigenvalue weighted by molar-refractivity contribution is 6.31. The Hall–Kier alpha value is -2.53. The molecular formula is C21H21ClN2O3. The summed E-state index contributed by atoms with van der Waals surface area (Å²) < 4.78 is 5.32. The Balaban J connectivity index is 1.61. The molecule has 0 saturated carbocycles. The van der Waals surface area contributed by atoms with E-state index in [9.17, 15) is 9.59 Å². The summed E-state index contributed by atoms with van der Waals surface area (Å²) in [6, 6.07) is 12.5. The lowest BCUT2D eigenvalue weighted by Gasteiger charge is -2.28. The molecule has 1 atom stereocenters. The molecule has 2 heterocycles. The second kappa shape index (κ2) is 7.24. The number of nitrogens with zero attached hydrogens (tertiary/aromatic N) is 2. The van der Waals surface area contributed by atoms with Crippen molar-refractivity contribution in [2.24, 2.45) is 0 Å². The van der Waals surface area contributed by atoms with Crippen LogP contribution in [0.15, 0.2) is 42.5 Å². The van der Waals surface area contributed by atoms with Crippen molar-refractivity contribution in [1.29, 1.82) is 0 Å². The fourth-order valence-corrected chi connectivity index (χ4v) is 4.19.